The number of aromatic nitrogens is 2. The highest BCUT2D eigenvalue weighted by Crippen LogP contribution is 2.20. The van der Waals surface area contributed by atoms with E-state index in [4.69, 9.17) is 10.5 Å². The second-order valence-corrected chi connectivity index (χ2v) is 6.10. The maximum Gasteiger partial charge on any atom is 0.333 e. The van der Waals surface area contributed by atoms with E-state index in [2.05, 4.69) is 24.3 Å². The summed E-state index contributed by atoms with van der Waals surface area (Å²) < 4.78 is 6.28. The second kappa shape index (κ2) is 9.35. The molecule has 0 aliphatic rings. The van der Waals surface area contributed by atoms with E-state index in [1.807, 2.05) is 24.3 Å². The molecule has 0 radical (unpaired) electrons. The number of hydrogen-bond acceptors (Lipinski definition) is 5. The van der Waals surface area contributed by atoms with E-state index in [9.17, 15) is 9.59 Å². The third kappa shape index (κ3) is 4.83. The molecule has 0 fully saturated rings. The molecule has 7 nitrogen and oxygen atoms in total. The van der Waals surface area contributed by atoms with Crippen LogP contribution in [0.25, 0.3) is 0 Å². The van der Waals surface area contributed by atoms with E-state index in [1.165, 1.54) is 11.8 Å². The monoisotopic (exact) mass is 380 g/mol. The number of halogens is 1. The van der Waals surface area contributed by atoms with Crippen LogP contribution in [0.4, 0.5) is 0 Å². The minimum absolute atomic E-state index is 0. The van der Waals surface area contributed by atoms with Gasteiger partial charge in [-0.2, -0.15) is 5.10 Å². The fourth-order valence-electron chi connectivity index (χ4n) is 2.51. The van der Waals surface area contributed by atoms with Crippen LogP contribution in [0.5, 0.6) is 0 Å². The van der Waals surface area contributed by atoms with Gasteiger partial charge in [0.05, 0.1) is 12.8 Å². The minimum Gasteiger partial charge on any atom is -0.467 e. The van der Waals surface area contributed by atoms with Crippen LogP contribution >= 0.6 is 12.4 Å². The zero-order valence-corrected chi connectivity index (χ0v) is 16.2. The van der Waals surface area contributed by atoms with E-state index >= 15 is 0 Å². The summed E-state index contributed by atoms with van der Waals surface area (Å²) >= 11 is 0. The average Bonchev–Trinajstić information content (AvgIpc) is 3.00. The van der Waals surface area contributed by atoms with Gasteiger partial charge in [0.15, 0.2) is 6.04 Å². The molecule has 2 aromatic rings. The van der Waals surface area contributed by atoms with Gasteiger partial charge in [0.2, 0.25) is 0 Å². The zero-order valence-electron chi connectivity index (χ0n) is 15.4. The van der Waals surface area contributed by atoms with Crippen LogP contribution < -0.4 is 11.1 Å². The van der Waals surface area contributed by atoms with E-state index < -0.39 is 17.9 Å². The van der Waals surface area contributed by atoms with Gasteiger partial charge in [-0.1, -0.05) is 38.1 Å². The van der Waals surface area contributed by atoms with Crippen molar-refractivity contribution >= 4 is 24.3 Å². The van der Waals surface area contributed by atoms with E-state index in [1.54, 1.807) is 13.1 Å². The number of carbonyl (C=O) groups is 2. The lowest BCUT2D eigenvalue weighted by Gasteiger charge is -2.17. The number of esters is 1. The van der Waals surface area contributed by atoms with Crippen LogP contribution in [0, 0.1) is 0 Å². The molecule has 2 rings (SSSR count). The highest BCUT2D eigenvalue weighted by Gasteiger charge is 2.25. The lowest BCUT2D eigenvalue weighted by atomic mass is 9.99. The Kier molecular flexibility index (Phi) is 7.79. The van der Waals surface area contributed by atoms with Gasteiger partial charge in [0.25, 0.3) is 5.91 Å². The van der Waals surface area contributed by atoms with Crippen molar-refractivity contribution in [3.8, 4) is 0 Å². The first-order chi connectivity index (χ1) is 11.9. The second-order valence-electron chi connectivity index (χ2n) is 6.10. The number of rotatable bonds is 6. The van der Waals surface area contributed by atoms with Gasteiger partial charge in [-0.05, 0) is 23.1 Å². The SMILES string of the molecule is COC(=O)C(NC(=O)c1cc(CN)nn1C)c1ccc(C(C)C)cc1.Cl. The summed E-state index contributed by atoms with van der Waals surface area (Å²) in [7, 11) is 2.94. The number of nitrogens with one attached hydrogen (secondary N) is 1. The van der Waals surface area contributed by atoms with Gasteiger partial charge < -0.3 is 15.8 Å². The molecule has 1 atom stereocenters. The molecule has 142 valence electrons. The topological polar surface area (TPSA) is 99.2 Å². The molecule has 0 saturated carbocycles. The molecule has 0 spiro atoms. The molecular weight excluding hydrogens is 356 g/mol. The molecule has 0 saturated heterocycles. The van der Waals surface area contributed by atoms with Crippen LogP contribution in [0.1, 0.15) is 53.1 Å². The lowest BCUT2D eigenvalue weighted by Crippen LogP contribution is -2.35. The van der Waals surface area contributed by atoms with Crippen LogP contribution in [-0.4, -0.2) is 28.8 Å². The summed E-state index contributed by atoms with van der Waals surface area (Å²) in [5.41, 5.74) is 8.29. The fraction of sp³-hybridized carbons (Fsp3) is 0.389. The first kappa shape index (κ1) is 21.7. The summed E-state index contributed by atoms with van der Waals surface area (Å²) in [4.78, 5) is 24.7. The van der Waals surface area contributed by atoms with E-state index in [0.29, 0.717) is 22.9 Å². The number of methoxy groups -OCH3 is 1. The average molecular weight is 381 g/mol. The maximum absolute atomic E-state index is 12.6. The number of benzene rings is 1. The molecule has 0 aliphatic carbocycles. The third-order valence-electron chi connectivity index (χ3n) is 4.02. The zero-order chi connectivity index (χ0) is 18.6. The molecule has 8 heteroatoms. The Hall–Kier alpha value is -2.38. The van der Waals surface area contributed by atoms with Crippen molar-refractivity contribution in [1.82, 2.24) is 15.1 Å². The van der Waals surface area contributed by atoms with Crippen molar-refractivity contribution in [3.05, 3.63) is 52.8 Å². The predicted molar refractivity (Wildman–Crippen MR) is 101 cm³/mol. The van der Waals surface area contributed by atoms with Gasteiger partial charge in [0.1, 0.15) is 5.69 Å². The van der Waals surface area contributed by atoms with Crippen LogP contribution in [0.3, 0.4) is 0 Å². The van der Waals surface area contributed by atoms with Crippen molar-refractivity contribution in [1.29, 1.82) is 0 Å². The Morgan fingerprint density at radius 3 is 2.27 bits per heavy atom. The Labute approximate surface area is 159 Å². The smallest absolute Gasteiger partial charge is 0.333 e. The van der Waals surface area contributed by atoms with Crippen molar-refractivity contribution < 1.29 is 14.3 Å². The molecule has 0 bridgehead atoms. The fourth-order valence-corrected chi connectivity index (χ4v) is 2.51. The first-order valence-corrected chi connectivity index (χ1v) is 8.08. The Morgan fingerprint density at radius 1 is 1.23 bits per heavy atom. The number of nitrogens with two attached hydrogens (primary N) is 1. The number of aryl methyl sites for hydroxylation is 1. The largest absolute Gasteiger partial charge is 0.467 e. The molecule has 1 unspecified atom stereocenters. The predicted octanol–water partition coefficient (Wildman–Crippen LogP) is 2.07. The third-order valence-corrected chi connectivity index (χ3v) is 4.02. The van der Waals surface area contributed by atoms with Crippen molar-refractivity contribution in [2.24, 2.45) is 12.8 Å². The molecule has 1 aromatic heterocycles. The number of ether oxygens (including phenoxy) is 1. The van der Waals surface area contributed by atoms with Gasteiger partial charge in [-0.15, -0.1) is 12.4 Å². The molecule has 26 heavy (non-hydrogen) atoms. The molecule has 0 aliphatic heterocycles. The normalized spacial score (nSPS) is 11.6. The van der Waals surface area contributed by atoms with Gasteiger partial charge in [0, 0.05) is 13.6 Å². The first-order valence-electron chi connectivity index (χ1n) is 8.08. The number of hydrogen-bond donors (Lipinski definition) is 2. The Morgan fingerprint density at radius 2 is 1.81 bits per heavy atom. The molecule has 1 heterocycles. The van der Waals surface area contributed by atoms with E-state index in [-0.39, 0.29) is 19.0 Å². The number of amides is 1. The molecule has 1 amide bonds. The van der Waals surface area contributed by atoms with Crippen LogP contribution in [0.2, 0.25) is 0 Å². The van der Waals surface area contributed by atoms with Crippen LogP contribution in [0.15, 0.2) is 30.3 Å². The van der Waals surface area contributed by atoms with Gasteiger partial charge in [-0.3, -0.25) is 9.48 Å². The molecule has 1 aromatic carbocycles. The van der Waals surface area contributed by atoms with Crippen LogP contribution in [-0.2, 0) is 23.1 Å². The minimum atomic E-state index is -0.894. The van der Waals surface area contributed by atoms with Gasteiger partial charge >= 0.3 is 5.97 Å². The Balaban J connectivity index is 0.00000338. The Bertz CT molecular complexity index is 756. The van der Waals surface area contributed by atoms with Gasteiger partial charge in [-0.25, -0.2) is 4.79 Å². The summed E-state index contributed by atoms with van der Waals surface area (Å²) in [5.74, 6) is -0.575. The molecule has 3 N–H and O–H groups in total. The molecular formula is C18H25ClN4O3. The lowest BCUT2D eigenvalue weighted by molar-refractivity contribution is -0.143. The number of nitrogens with zero attached hydrogens (tertiary/aromatic N) is 2. The summed E-state index contributed by atoms with van der Waals surface area (Å²) in [6.45, 7) is 4.41. The summed E-state index contributed by atoms with van der Waals surface area (Å²) in [5, 5.41) is 6.85. The van der Waals surface area contributed by atoms with Crippen molar-refractivity contribution in [2.75, 3.05) is 7.11 Å². The quantitative estimate of drug-likeness (QED) is 0.747. The summed E-state index contributed by atoms with van der Waals surface area (Å²) in [6, 6.07) is 8.25. The number of carbonyl (C=O) groups excluding carboxylic acids is 2. The highest BCUT2D eigenvalue weighted by molar-refractivity contribution is 5.95. The highest BCUT2D eigenvalue weighted by atomic mass is 35.5. The summed E-state index contributed by atoms with van der Waals surface area (Å²) in [6.07, 6.45) is 0. The standard InChI is InChI=1S/C18H24N4O3.ClH/c1-11(2)12-5-7-13(8-6-12)16(18(24)25-4)20-17(23)15-9-14(10-19)21-22(15)3;/h5-9,11,16H,10,19H2,1-4H3,(H,20,23);1H. The maximum atomic E-state index is 12.6. The van der Waals surface area contributed by atoms with E-state index in [0.717, 1.165) is 5.56 Å². The van der Waals surface area contributed by atoms with Crippen molar-refractivity contribution in [2.45, 2.75) is 32.4 Å². The van der Waals surface area contributed by atoms with Crippen molar-refractivity contribution in [3.63, 3.8) is 0 Å².